The van der Waals surface area contributed by atoms with Crippen molar-refractivity contribution >= 4 is 11.7 Å². The highest BCUT2D eigenvalue weighted by molar-refractivity contribution is 5.73. The van der Waals surface area contributed by atoms with E-state index >= 15 is 0 Å². The Morgan fingerprint density at radius 3 is 2.70 bits per heavy atom. The molecule has 110 valence electrons. The maximum atomic E-state index is 11.3. The molecule has 1 aromatic rings. The molecule has 1 aromatic heterocycles. The molecule has 2 heterocycles. The molecule has 1 saturated heterocycles. The first-order valence-electron chi connectivity index (χ1n) is 7.44. The lowest BCUT2D eigenvalue weighted by molar-refractivity contribution is -0.130. The van der Waals surface area contributed by atoms with Crippen LogP contribution in [-0.2, 0) is 11.2 Å². The fourth-order valence-corrected chi connectivity index (χ4v) is 2.77. The highest BCUT2D eigenvalue weighted by Crippen LogP contribution is 2.23. The normalized spacial score (nSPS) is 16.2. The number of carbonyl (C=O) groups is 1. The molecule has 0 atom stereocenters. The van der Waals surface area contributed by atoms with Gasteiger partial charge in [0.25, 0.3) is 0 Å². The molecule has 0 N–H and O–H groups in total. The van der Waals surface area contributed by atoms with Gasteiger partial charge in [-0.25, -0.2) is 4.98 Å². The molecule has 0 aromatic carbocycles. The molecular formula is C16H25N3O. The van der Waals surface area contributed by atoms with E-state index in [1.807, 2.05) is 30.1 Å². The largest absolute Gasteiger partial charge is 0.363 e. The van der Waals surface area contributed by atoms with Crippen LogP contribution in [-0.4, -0.2) is 43.0 Å². The van der Waals surface area contributed by atoms with E-state index in [1.54, 1.807) is 6.92 Å². The third-order valence-electron chi connectivity index (χ3n) is 4.17. The van der Waals surface area contributed by atoms with Crippen LogP contribution in [0.3, 0.4) is 0 Å². The van der Waals surface area contributed by atoms with Gasteiger partial charge in [0.1, 0.15) is 5.82 Å². The van der Waals surface area contributed by atoms with Gasteiger partial charge < -0.3 is 9.80 Å². The number of hydrogen-bond donors (Lipinski definition) is 0. The fraction of sp³-hybridized carbons (Fsp3) is 0.625. The third-order valence-corrected chi connectivity index (χ3v) is 4.17. The number of rotatable bonds is 4. The molecule has 1 aliphatic heterocycles. The van der Waals surface area contributed by atoms with Gasteiger partial charge in [-0.2, -0.15) is 0 Å². The van der Waals surface area contributed by atoms with Gasteiger partial charge in [0, 0.05) is 40.3 Å². The molecule has 20 heavy (non-hydrogen) atoms. The molecular weight excluding hydrogens is 250 g/mol. The van der Waals surface area contributed by atoms with Crippen LogP contribution in [0.4, 0.5) is 5.82 Å². The van der Waals surface area contributed by atoms with E-state index in [2.05, 4.69) is 17.1 Å². The van der Waals surface area contributed by atoms with Gasteiger partial charge in [-0.3, -0.25) is 4.79 Å². The van der Waals surface area contributed by atoms with E-state index in [0.29, 0.717) is 0 Å². The van der Waals surface area contributed by atoms with Gasteiger partial charge in [-0.1, -0.05) is 0 Å². The summed E-state index contributed by atoms with van der Waals surface area (Å²) in [5.74, 6) is 1.99. The first-order valence-corrected chi connectivity index (χ1v) is 7.44. The lowest BCUT2D eigenvalue weighted by atomic mass is 9.90. The summed E-state index contributed by atoms with van der Waals surface area (Å²) in [7, 11) is 4.03. The van der Waals surface area contributed by atoms with E-state index in [-0.39, 0.29) is 5.91 Å². The number of piperidine rings is 1. The van der Waals surface area contributed by atoms with Crippen LogP contribution in [0.1, 0.15) is 31.7 Å². The topological polar surface area (TPSA) is 36.4 Å². The van der Waals surface area contributed by atoms with Crippen molar-refractivity contribution in [3.8, 4) is 0 Å². The maximum absolute atomic E-state index is 11.3. The van der Waals surface area contributed by atoms with Gasteiger partial charge in [0.05, 0.1) is 0 Å². The SMILES string of the molecule is CC(=O)N1CCC(CCc2ccnc(N(C)C)c2)CC1. The van der Waals surface area contributed by atoms with Crippen molar-refractivity contribution in [3.05, 3.63) is 23.9 Å². The Morgan fingerprint density at radius 1 is 1.40 bits per heavy atom. The smallest absolute Gasteiger partial charge is 0.219 e. The maximum Gasteiger partial charge on any atom is 0.219 e. The van der Waals surface area contributed by atoms with Crippen LogP contribution >= 0.6 is 0 Å². The minimum Gasteiger partial charge on any atom is -0.363 e. The second kappa shape index (κ2) is 6.73. The molecule has 0 saturated carbocycles. The monoisotopic (exact) mass is 275 g/mol. The van der Waals surface area contributed by atoms with Crippen molar-refractivity contribution in [1.29, 1.82) is 0 Å². The van der Waals surface area contributed by atoms with Crippen LogP contribution in [0.25, 0.3) is 0 Å². The highest BCUT2D eigenvalue weighted by Gasteiger charge is 2.20. The van der Waals surface area contributed by atoms with Gasteiger partial charge in [-0.15, -0.1) is 0 Å². The third kappa shape index (κ3) is 3.95. The van der Waals surface area contributed by atoms with Gasteiger partial charge >= 0.3 is 0 Å². The minimum absolute atomic E-state index is 0.216. The van der Waals surface area contributed by atoms with Crippen LogP contribution in [0.2, 0.25) is 0 Å². The first-order chi connectivity index (χ1) is 9.56. The average molecular weight is 275 g/mol. The van der Waals surface area contributed by atoms with Crippen molar-refractivity contribution in [3.63, 3.8) is 0 Å². The number of aromatic nitrogens is 1. The van der Waals surface area contributed by atoms with E-state index in [0.717, 1.165) is 44.1 Å². The molecule has 0 spiro atoms. The second-order valence-electron chi connectivity index (χ2n) is 5.90. The molecule has 0 unspecified atom stereocenters. The summed E-state index contributed by atoms with van der Waals surface area (Å²) < 4.78 is 0. The van der Waals surface area contributed by atoms with E-state index in [9.17, 15) is 4.79 Å². The van der Waals surface area contributed by atoms with Crippen molar-refractivity contribution in [2.45, 2.75) is 32.6 Å². The molecule has 2 rings (SSSR count). The zero-order valence-electron chi connectivity index (χ0n) is 12.8. The van der Waals surface area contributed by atoms with E-state index in [1.165, 1.54) is 12.0 Å². The molecule has 0 aliphatic carbocycles. The molecule has 1 aliphatic rings. The van der Waals surface area contributed by atoms with Crippen molar-refractivity contribution in [2.24, 2.45) is 5.92 Å². The predicted molar refractivity (Wildman–Crippen MR) is 81.9 cm³/mol. The standard InChI is InChI=1S/C16H25N3O/c1-13(20)19-10-7-14(8-11-19)4-5-15-6-9-17-16(12-15)18(2)3/h6,9,12,14H,4-5,7-8,10-11H2,1-3H3. The van der Waals surface area contributed by atoms with Crippen molar-refractivity contribution in [1.82, 2.24) is 9.88 Å². The lowest BCUT2D eigenvalue weighted by Gasteiger charge is -2.31. The summed E-state index contributed by atoms with van der Waals surface area (Å²) in [6, 6.07) is 4.28. The minimum atomic E-state index is 0.216. The Morgan fingerprint density at radius 2 is 2.10 bits per heavy atom. The summed E-state index contributed by atoms with van der Waals surface area (Å²) >= 11 is 0. The Bertz CT molecular complexity index is 451. The molecule has 1 fully saturated rings. The summed E-state index contributed by atoms with van der Waals surface area (Å²) in [5.41, 5.74) is 1.36. The summed E-state index contributed by atoms with van der Waals surface area (Å²) in [5, 5.41) is 0. The number of anilines is 1. The quantitative estimate of drug-likeness (QED) is 0.846. The van der Waals surface area contributed by atoms with Crippen LogP contribution < -0.4 is 4.90 Å². The summed E-state index contributed by atoms with van der Waals surface area (Å²) in [6.07, 6.45) is 6.50. The van der Waals surface area contributed by atoms with Crippen molar-refractivity contribution < 1.29 is 4.79 Å². The van der Waals surface area contributed by atoms with E-state index in [4.69, 9.17) is 0 Å². The van der Waals surface area contributed by atoms with Gasteiger partial charge in [-0.05, 0) is 49.3 Å². The molecule has 0 bridgehead atoms. The van der Waals surface area contributed by atoms with Gasteiger partial charge in [0.15, 0.2) is 0 Å². The summed E-state index contributed by atoms with van der Waals surface area (Å²) in [6.45, 7) is 3.53. The van der Waals surface area contributed by atoms with Crippen LogP contribution in [0.5, 0.6) is 0 Å². The average Bonchev–Trinajstić information content (AvgIpc) is 2.46. The number of amides is 1. The van der Waals surface area contributed by atoms with E-state index < -0.39 is 0 Å². The molecule has 1 amide bonds. The summed E-state index contributed by atoms with van der Waals surface area (Å²) in [4.78, 5) is 19.6. The Hall–Kier alpha value is -1.58. The second-order valence-corrected chi connectivity index (χ2v) is 5.90. The number of hydrogen-bond acceptors (Lipinski definition) is 3. The molecule has 4 nitrogen and oxygen atoms in total. The number of aryl methyl sites for hydroxylation is 1. The first kappa shape index (κ1) is 14.8. The lowest BCUT2D eigenvalue weighted by Crippen LogP contribution is -2.37. The number of nitrogens with zero attached hydrogens (tertiary/aromatic N) is 3. The Kier molecular flexibility index (Phi) is 4.99. The zero-order chi connectivity index (χ0) is 14.5. The molecule has 0 radical (unpaired) electrons. The number of likely N-dealkylation sites (tertiary alicyclic amines) is 1. The fourth-order valence-electron chi connectivity index (χ4n) is 2.77. The Labute approximate surface area is 121 Å². The Balaban J connectivity index is 1.81. The zero-order valence-corrected chi connectivity index (χ0v) is 12.8. The van der Waals surface area contributed by atoms with Crippen LogP contribution in [0, 0.1) is 5.92 Å². The molecule has 4 heteroatoms. The van der Waals surface area contributed by atoms with Gasteiger partial charge in [0.2, 0.25) is 5.91 Å². The predicted octanol–water partition coefficient (Wildman–Crippen LogP) is 2.34. The number of carbonyl (C=O) groups excluding carboxylic acids is 1. The van der Waals surface area contributed by atoms with Crippen LogP contribution in [0.15, 0.2) is 18.3 Å². The van der Waals surface area contributed by atoms with Crippen molar-refractivity contribution in [2.75, 3.05) is 32.1 Å². The number of pyridine rings is 1. The highest BCUT2D eigenvalue weighted by atomic mass is 16.2.